The van der Waals surface area contributed by atoms with Gasteiger partial charge in [-0.2, -0.15) is 0 Å². The van der Waals surface area contributed by atoms with E-state index in [4.69, 9.17) is 4.74 Å². The molecule has 27 heavy (non-hydrogen) atoms. The lowest BCUT2D eigenvalue weighted by atomic mass is 9.79. The Hall–Kier alpha value is -1.30. The highest BCUT2D eigenvalue weighted by Crippen LogP contribution is 2.37. The first-order valence-corrected chi connectivity index (χ1v) is 9.99. The normalized spacial score (nSPS) is 27.6. The maximum Gasteiger partial charge on any atom is 0.326 e. The molecular weight excluding hydrogens is 362 g/mol. The van der Waals surface area contributed by atoms with Gasteiger partial charge < -0.3 is 9.72 Å². The van der Waals surface area contributed by atoms with Crippen molar-refractivity contribution in [3.63, 3.8) is 0 Å². The minimum Gasteiger partial charge on any atom is -0.381 e. The first kappa shape index (κ1) is 20.4. The number of imidazole rings is 1. The number of nitrogens with zero attached hydrogens (tertiary/aromatic N) is 2. The van der Waals surface area contributed by atoms with Crippen LogP contribution in [-0.4, -0.2) is 46.3 Å². The Morgan fingerprint density at radius 1 is 1.15 bits per heavy atom. The number of methoxy groups -OCH3 is 1. The van der Waals surface area contributed by atoms with Gasteiger partial charge in [-0.3, -0.25) is 9.47 Å². The monoisotopic (exact) mass is 393 g/mol. The van der Waals surface area contributed by atoms with E-state index < -0.39 is 0 Å². The molecule has 0 atom stereocenters. The molecule has 2 aliphatic rings. The lowest BCUT2D eigenvalue weighted by Gasteiger charge is -2.48. The third-order valence-corrected chi connectivity index (χ3v) is 6.81. The zero-order chi connectivity index (χ0) is 18.3. The highest BCUT2D eigenvalue weighted by atomic mass is 35.5. The largest absolute Gasteiger partial charge is 0.381 e. The van der Waals surface area contributed by atoms with Crippen molar-refractivity contribution in [2.24, 2.45) is 0 Å². The van der Waals surface area contributed by atoms with Crippen molar-refractivity contribution < 1.29 is 4.74 Å². The Morgan fingerprint density at radius 2 is 1.81 bits per heavy atom. The molecule has 5 nitrogen and oxygen atoms in total. The van der Waals surface area contributed by atoms with Gasteiger partial charge in [0.1, 0.15) is 0 Å². The molecule has 1 N–H and O–H groups in total. The van der Waals surface area contributed by atoms with Crippen molar-refractivity contribution >= 4 is 23.4 Å². The average molecular weight is 394 g/mol. The molecule has 1 aliphatic carbocycles. The zero-order valence-electron chi connectivity index (χ0n) is 16.7. The number of aromatic nitrogens is 2. The molecule has 1 aliphatic heterocycles. The van der Waals surface area contributed by atoms with Crippen LogP contribution in [0.3, 0.4) is 0 Å². The Kier molecular flexibility index (Phi) is 6.04. The summed E-state index contributed by atoms with van der Waals surface area (Å²) in [6.07, 6.45) is 7.27. The number of piperidine rings is 1. The number of aromatic amines is 1. The quantitative estimate of drug-likeness (QED) is 0.855. The number of H-pyrrole nitrogens is 1. The third kappa shape index (κ3) is 3.82. The Labute approximate surface area is 167 Å². The Bertz CT molecular complexity index is 828. The lowest BCUT2D eigenvalue weighted by Crippen LogP contribution is -2.52. The van der Waals surface area contributed by atoms with E-state index in [1.54, 1.807) is 0 Å². The second-order valence-electron chi connectivity index (χ2n) is 8.47. The predicted octanol–water partition coefficient (Wildman–Crippen LogP) is 4.04. The summed E-state index contributed by atoms with van der Waals surface area (Å²) in [6, 6.07) is 6.51. The van der Waals surface area contributed by atoms with Crippen LogP contribution in [0.25, 0.3) is 11.0 Å². The van der Waals surface area contributed by atoms with Crippen LogP contribution in [0.5, 0.6) is 0 Å². The SMILES string of the molecule is CO[C@H]1CC[C@@](C)(N2CCC(n3c(=O)[nH]c4ccc(C)cc43)CC2)CC1.Cl. The van der Waals surface area contributed by atoms with Gasteiger partial charge in [-0.15, -0.1) is 12.4 Å². The molecule has 1 aromatic carbocycles. The van der Waals surface area contributed by atoms with Crippen LogP contribution >= 0.6 is 12.4 Å². The molecule has 1 saturated heterocycles. The molecule has 0 radical (unpaired) electrons. The van der Waals surface area contributed by atoms with Gasteiger partial charge >= 0.3 is 5.69 Å². The van der Waals surface area contributed by atoms with Gasteiger partial charge in [0.25, 0.3) is 0 Å². The number of likely N-dealkylation sites (tertiary alicyclic amines) is 1. The van der Waals surface area contributed by atoms with Gasteiger partial charge in [-0.05, 0) is 70.1 Å². The number of hydrogen-bond donors (Lipinski definition) is 1. The van der Waals surface area contributed by atoms with Gasteiger partial charge in [-0.1, -0.05) is 6.07 Å². The van der Waals surface area contributed by atoms with E-state index in [9.17, 15) is 4.79 Å². The van der Waals surface area contributed by atoms with Crippen molar-refractivity contribution in [3.8, 4) is 0 Å². The fraction of sp³-hybridized carbons (Fsp3) is 0.667. The number of aryl methyl sites for hydroxylation is 1. The van der Waals surface area contributed by atoms with E-state index >= 15 is 0 Å². The molecular formula is C21H32ClN3O2. The van der Waals surface area contributed by atoms with Crippen LogP contribution in [0.15, 0.2) is 23.0 Å². The summed E-state index contributed by atoms with van der Waals surface area (Å²) in [5, 5.41) is 0. The summed E-state index contributed by atoms with van der Waals surface area (Å²) in [6.45, 7) is 6.65. The minimum absolute atomic E-state index is 0. The number of benzene rings is 1. The molecule has 0 spiro atoms. The second-order valence-corrected chi connectivity index (χ2v) is 8.47. The van der Waals surface area contributed by atoms with Crippen LogP contribution in [0.2, 0.25) is 0 Å². The highest BCUT2D eigenvalue weighted by molar-refractivity contribution is 5.85. The summed E-state index contributed by atoms with van der Waals surface area (Å²) >= 11 is 0. The molecule has 6 heteroatoms. The summed E-state index contributed by atoms with van der Waals surface area (Å²) < 4.78 is 7.55. The molecule has 0 unspecified atom stereocenters. The summed E-state index contributed by atoms with van der Waals surface area (Å²) in [4.78, 5) is 18.2. The zero-order valence-corrected chi connectivity index (χ0v) is 17.5. The number of rotatable bonds is 3. The summed E-state index contributed by atoms with van der Waals surface area (Å²) in [5.74, 6) is 0. The lowest BCUT2D eigenvalue weighted by molar-refractivity contribution is -0.0146. The molecule has 1 saturated carbocycles. The van der Waals surface area contributed by atoms with Crippen LogP contribution in [0.1, 0.15) is 57.1 Å². The van der Waals surface area contributed by atoms with Gasteiger partial charge in [0.05, 0.1) is 17.1 Å². The maximum atomic E-state index is 12.5. The highest BCUT2D eigenvalue weighted by Gasteiger charge is 2.38. The number of halogens is 1. The third-order valence-electron chi connectivity index (χ3n) is 6.81. The molecule has 2 fully saturated rings. The van der Waals surface area contributed by atoms with Crippen molar-refractivity contribution in [2.45, 2.75) is 70.1 Å². The van der Waals surface area contributed by atoms with Crippen molar-refractivity contribution in [1.82, 2.24) is 14.5 Å². The van der Waals surface area contributed by atoms with E-state index in [-0.39, 0.29) is 18.1 Å². The van der Waals surface area contributed by atoms with E-state index in [0.717, 1.165) is 49.8 Å². The smallest absolute Gasteiger partial charge is 0.326 e. The first-order valence-electron chi connectivity index (χ1n) is 9.99. The molecule has 2 aromatic rings. The molecule has 4 rings (SSSR count). The minimum atomic E-state index is 0. The summed E-state index contributed by atoms with van der Waals surface area (Å²) in [5.41, 5.74) is 3.54. The fourth-order valence-electron chi connectivity index (χ4n) is 5.02. The molecule has 1 aromatic heterocycles. The maximum absolute atomic E-state index is 12.5. The van der Waals surface area contributed by atoms with E-state index in [1.165, 1.54) is 18.4 Å². The predicted molar refractivity (Wildman–Crippen MR) is 112 cm³/mol. The first-order chi connectivity index (χ1) is 12.5. The molecule has 0 bridgehead atoms. The van der Waals surface area contributed by atoms with Gasteiger partial charge in [0.2, 0.25) is 0 Å². The van der Waals surface area contributed by atoms with Crippen molar-refractivity contribution in [1.29, 1.82) is 0 Å². The van der Waals surface area contributed by atoms with Crippen LogP contribution in [0, 0.1) is 6.92 Å². The van der Waals surface area contributed by atoms with Crippen molar-refractivity contribution in [3.05, 3.63) is 34.2 Å². The molecule has 0 amide bonds. The number of hydrogen-bond acceptors (Lipinski definition) is 3. The van der Waals surface area contributed by atoms with Gasteiger partial charge in [0.15, 0.2) is 0 Å². The van der Waals surface area contributed by atoms with Gasteiger partial charge in [0, 0.05) is 31.8 Å². The van der Waals surface area contributed by atoms with Crippen molar-refractivity contribution in [2.75, 3.05) is 20.2 Å². The van der Waals surface area contributed by atoms with Crippen LogP contribution < -0.4 is 5.69 Å². The number of nitrogens with one attached hydrogen (secondary N) is 1. The average Bonchev–Trinajstić information content (AvgIpc) is 2.97. The topological polar surface area (TPSA) is 50.3 Å². The standard InChI is InChI=1S/C21H31N3O2.ClH/c1-15-4-5-18-19(14-15)24(20(25)22-18)16-8-12-23(13-9-16)21(2)10-6-17(26-3)7-11-21;/h4-5,14,16-17H,6-13H2,1-3H3,(H,22,25);1H/t17-,21+;. The van der Waals surface area contributed by atoms with Gasteiger partial charge in [-0.25, -0.2) is 4.79 Å². The molecule has 150 valence electrons. The van der Waals surface area contributed by atoms with E-state index in [0.29, 0.717) is 17.7 Å². The molecule has 2 heterocycles. The number of ether oxygens (including phenoxy) is 1. The fourth-order valence-corrected chi connectivity index (χ4v) is 5.02. The van der Waals surface area contributed by atoms with Crippen LogP contribution in [0.4, 0.5) is 0 Å². The van der Waals surface area contributed by atoms with Crippen LogP contribution in [-0.2, 0) is 4.74 Å². The van der Waals surface area contributed by atoms with E-state index in [2.05, 4.69) is 35.9 Å². The second kappa shape index (κ2) is 7.98. The van der Waals surface area contributed by atoms with E-state index in [1.807, 2.05) is 17.7 Å². The Morgan fingerprint density at radius 3 is 2.44 bits per heavy atom. The Balaban J connectivity index is 0.00000210. The number of fused-ring (bicyclic) bond motifs is 1. The summed E-state index contributed by atoms with van der Waals surface area (Å²) in [7, 11) is 1.83.